The summed E-state index contributed by atoms with van der Waals surface area (Å²) in [4.78, 5) is 40.3. The van der Waals surface area contributed by atoms with Gasteiger partial charge in [-0.3, -0.25) is 19.2 Å². The molecule has 4 aromatic rings. The third-order valence-corrected chi connectivity index (χ3v) is 7.85. The van der Waals surface area contributed by atoms with E-state index in [4.69, 9.17) is 10.5 Å². The number of aromatic nitrogens is 5. The van der Waals surface area contributed by atoms with Crippen LogP contribution in [-0.2, 0) is 16.1 Å². The highest BCUT2D eigenvalue weighted by Crippen LogP contribution is 2.37. The second-order valence-electron chi connectivity index (χ2n) is 10.2. The van der Waals surface area contributed by atoms with Gasteiger partial charge in [-0.2, -0.15) is 5.10 Å². The molecule has 0 unspecified atom stereocenters. The van der Waals surface area contributed by atoms with Crippen molar-refractivity contribution in [2.45, 2.75) is 37.6 Å². The Morgan fingerprint density at radius 2 is 1.98 bits per heavy atom. The molecule has 2 aliphatic rings. The van der Waals surface area contributed by atoms with E-state index in [0.717, 1.165) is 11.1 Å². The Morgan fingerprint density at radius 3 is 2.65 bits per heavy atom. The predicted octanol–water partition coefficient (Wildman–Crippen LogP) is 2.88. The Labute approximate surface area is 237 Å². The number of carbonyl (C=O) groups excluding carboxylic acids is 2. The number of nitrogens with one attached hydrogen (secondary N) is 1. The summed E-state index contributed by atoms with van der Waals surface area (Å²) in [6, 6.07) is 10.1. The molecule has 0 radical (unpaired) electrons. The smallest absolute Gasteiger partial charge is 0.269 e. The number of aryl methyl sites for hydroxylation is 1. The van der Waals surface area contributed by atoms with Crippen molar-refractivity contribution >= 4 is 44.5 Å². The van der Waals surface area contributed by atoms with Crippen LogP contribution in [0.3, 0.4) is 0 Å². The average molecular weight is 609 g/mol. The predicted molar refractivity (Wildman–Crippen MR) is 148 cm³/mol. The Kier molecular flexibility index (Phi) is 6.80. The minimum absolute atomic E-state index is 0.0515. The summed E-state index contributed by atoms with van der Waals surface area (Å²) in [6.45, 7) is 2.72. The Morgan fingerprint density at radius 1 is 1.20 bits per heavy atom. The standard InChI is InChI=1S/C27H26BrFN8O3/c1-15-31-9-17(10-32-15)16-5-6-20-19(7-16)24(25(30)38)35-37(20)12-27(13-40-14-27)36-11-18(29)8-21(36)26(39)34-23-4-2-3-22(28)33-23/h2-7,9-10,18,21H,8,11-14H2,1H3,(H2,30,38)(H,33,34,39)/t18-,21+/m1/s1. The largest absolute Gasteiger partial charge is 0.377 e. The number of fused-ring (bicyclic) bond motifs is 1. The number of hydrogen-bond acceptors (Lipinski definition) is 8. The van der Waals surface area contributed by atoms with Crippen molar-refractivity contribution in [2.24, 2.45) is 5.73 Å². The Balaban J connectivity index is 1.32. The highest BCUT2D eigenvalue weighted by atomic mass is 79.9. The van der Waals surface area contributed by atoms with Gasteiger partial charge in [0.25, 0.3) is 5.91 Å². The summed E-state index contributed by atoms with van der Waals surface area (Å²) >= 11 is 3.30. The van der Waals surface area contributed by atoms with E-state index in [9.17, 15) is 14.0 Å². The molecule has 0 aliphatic carbocycles. The van der Waals surface area contributed by atoms with Gasteiger partial charge in [-0.1, -0.05) is 12.1 Å². The molecule has 13 heteroatoms. The molecule has 0 saturated carbocycles. The van der Waals surface area contributed by atoms with Crippen LogP contribution in [0.4, 0.5) is 10.2 Å². The van der Waals surface area contributed by atoms with Gasteiger partial charge in [0.2, 0.25) is 5.91 Å². The third kappa shape index (κ3) is 4.84. The number of amides is 2. The minimum Gasteiger partial charge on any atom is -0.377 e. The van der Waals surface area contributed by atoms with Crippen LogP contribution in [-0.4, -0.2) is 79.0 Å². The molecule has 3 N–H and O–H groups in total. The van der Waals surface area contributed by atoms with E-state index in [1.807, 2.05) is 23.1 Å². The van der Waals surface area contributed by atoms with Crippen LogP contribution in [0.15, 0.2) is 53.4 Å². The van der Waals surface area contributed by atoms with Crippen LogP contribution in [0.25, 0.3) is 22.0 Å². The van der Waals surface area contributed by atoms with Crippen LogP contribution in [0.1, 0.15) is 22.7 Å². The molecular formula is C27H26BrFN8O3. The minimum atomic E-state index is -1.18. The Bertz CT molecular complexity index is 1610. The zero-order chi connectivity index (χ0) is 28.0. The second-order valence-corrected chi connectivity index (χ2v) is 11.0. The number of benzene rings is 1. The molecule has 0 spiro atoms. The van der Waals surface area contributed by atoms with Crippen molar-refractivity contribution in [1.82, 2.24) is 29.6 Å². The first-order valence-corrected chi connectivity index (χ1v) is 13.5. The lowest BCUT2D eigenvalue weighted by Gasteiger charge is -2.49. The molecule has 2 saturated heterocycles. The van der Waals surface area contributed by atoms with Gasteiger partial charge in [0.1, 0.15) is 22.4 Å². The number of pyridine rings is 1. The van der Waals surface area contributed by atoms with Gasteiger partial charge in [-0.25, -0.2) is 19.3 Å². The maximum atomic E-state index is 14.8. The summed E-state index contributed by atoms with van der Waals surface area (Å²) < 4.78 is 22.7. The summed E-state index contributed by atoms with van der Waals surface area (Å²) in [7, 11) is 0. The fourth-order valence-corrected chi connectivity index (χ4v) is 5.76. The van der Waals surface area contributed by atoms with Crippen molar-refractivity contribution in [3.05, 3.63) is 64.9 Å². The lowest BCUT2D eigenvalue weighted by Crippen LogP contribution is -2.67. The van der Waals surface area contributed by atoms with Crippen molar-refractivity contribution in [1.29, 1.82) is 0 Å². The zero-order valence-electron chi connectivity index (χ0n) is 21.6. The van der Waals surface area contributed by atoms with Gasteiger partial charge in [0.05, 0.1) is 36.9 Å². The topological polar surface area (TPSA) is 141 Å². The zero-order valence-corrected chi connectivity index (χ0v) is 23.1. The molecule has 3 aromatic heterocycles. The molecule has 6 rings (SSSR count). The van der Waals surface area contributed by atoms with Gasteiger partial charge in [0.15, 0.2) is 5.69 Å². The van der Waals surface area contributed by atoms with E-state index in [1.165, 1.54) is 0 Å². The second kappa shape index (κ2) is 10.3. The summed E-state index contributed by atoms with van der Waals surface area (Å²) in [5.41, 5.74) is 7.43. The number of carbonyl (C=O) groups is 2. The van der Waals surface area contributed by atoms with Gasteiger partial charge in [-0.15, -0.1) is 0 Å². The number of alkyl halides is 1. The molecule has 0 bridgehead atoms. The lowest BCUT2D eigenvalue weighted by atomic mass is 9.93. The number of hydrogen-bond donors (Lipinski definition) is 2. The summed E-state index contributed by atoms with van der Waals surface area (Å²) in [5.74, 6) is 0.0224. The molecule has 11 nitrogen and oxygen atoms in total. The number of likely N-dealkylation sites (tertiary alicyclic amines) is 1. The monoisotopic (exact) mass is 608 g/mol. The fourth-order valence-electron chi connectivity index (χ4n) is 5.41. The lowest BCUT2D eigenvalue weighted by molar-refractivity contribution is -0.160. The van der Waals surface area contributed by atoms with Crippen LogP contribution in [0, 0.1) is 6.92 Å². The number of ether oxygens (including phenoxy) is 1. The van der Waals surface area contributed by atoms with E-state index in [-0.39, 0.29) is 44.3 Å². The van der Waals surface area contributed by atoms with E-state index >= 15 is 0 Å². The van der Waals surface area contributed by atoms with Crippen LogP contribution < -0.4 is 11.1 Å². The molecule has 5 heterocycles. The molecule has 206 valence electrons. The molecular weight excluding hydrogens is 583 g/mol. The van der Waals surface area contributed by atoms with E-state index in [0.29, 0.717) is 27.1 Å². The highest BCUT2D eigenvalue weighted by molar-refractivity contribution is 9.10. The molecule has 2 atom stereocenters. The first kappa shape index (κ1) is 26.4. The molecule has 40 heavy (non-hydrogen) atoms. The van der Waals surface area contributed by atoms with E-state index < -0.39 is 23.7 Å². The SMILES string of the molecule is Cc1ncc(-c2ccc3c(c2)c(C(N)=O)nn3CC2(N3C[C@H](F)C[C@H]3C(=O)Nc3cccc(Br)n3)COC2)cn1. The van der Waals surface area contributed by atoms with Crippen molar-refractivity contribution in [3.63, 3.8) is 0 Å². The first-order valence-electron chi connectivity index (χ1n) is 12.7. The van der Waals surface area contributed by atoms with Gasteiger partial charge in [-0.05, 0) is 52.7 Å². The van der Waals surface area contributed by atoms with E-state index in [2.05, 4.69) is 41.3 Å². The van der Waals surface area contributed by atoms with Gasteiger partial charge in [0, 0.05) is 36.3 Å². The first-order chi connectivity index (χ1) is 19.2. The number of anilines is 1. The highest BCUT2D eigenvalue weighted by Gasteiger charge is 2.53. The van der Waals surface area contributed by atoms with E-state index in [1.54, 1.807) is 42.2 Å². The van der Waals surface area contributed by atoms with Crippen LogP contribution in [0.2, 0.25) is 0 Å². The maximum absolute atomic E-state index is 14.8. The van der Waals surface area contributed by atoms with Crippen molar-refractivity contribution < 1.29 is 18.7 Å². The number of halogens is 2. The third-order valence-electron chi connectivity index (χ3n) is 7.41. The number of nitrogens with two attached hydrogens (primary N) is 1. The van der Waals surface area contributed by atoms with Gasteiger partial charge < -0.3 is 15.8 Å². The van der Waals surface area contributed by atoms with Crippen LogP contribution in [0.5, 0.6) is 0 Å². The number of nitrogens with zero attached hydrogens (tertiary/aromatic N) is 6. The number of rotatable bonds is 7. The fraction of sp³-hybridized carbons (Fsp3) is 0.333. The maximum Gasteiger partial charge on any atom is 0.269 e. The van der Waals surface area contributed by atoms with Crippen molar-refractivity contribution in [2.75, 3.05) is 25.1 Å². The molecule has 2 amide bonds. The van der Waals surface area contributed by atoms with Crippen molar-refractivity contribution in [3.8, 4) is 11.1 Å². The number of primary amides is 1. The summed E-state index contributed by atoms with van der Waals surface area (Å²) in [6.07, 6.45) is 2.30. The summed E-state index contributed by atoms with van der Waals surface area (Å²) in [5, 5.41) is 7.96. The normalized spacial score (nSPS) is 20.4. The quantitative estimate of drug-likeness (QED) is 0.305. The van der Waals surface area contributed by atoms with Gasteiger partial charge >= 0.3 is 0 Å². The average Bonchev–Trinajstić information content (AvgIpc) is 3.47. The Hall–Kier alpha value is -3.81. The molecule has 2 aliphatic heterocycles. The molecule has 2 fully saturated rings. The van der Waals surface area contributed by atoms with Crippen LogP contribution >= 0.6 is 15.9 Å². The molecule has 1 aromatic carbocycles.